The van der Waals surface area contributed by atoms with Crippen molar-refractivity contribution in [3.8, 4) is 0 Å². The topological polar surface area (TPSA) is 0 Å². The van der Waals surface area contributed by atoms with Crippen molar-refractivity contribution in [1.82, 2.24) is 0 Å². The van der Waals surface area contributed by atoms with Gasteiger partial charge in [0, 0.05) is 0 Å². The third kappa shape index (κ3) is 6.12. The lowest BCUT2D eigenvalue weighted by atomic mass is 9.91. The molecule has 0 atom stereocenters. The maximum absolute atomic E-state index is 2.36. The van der Waals surface area contributed by atoms with E-state index >= 15 is 0 Å². The Bertz CT molecular complexity index is 85.1. The Morgan fingerprint density at radius 3 is 1.08 bits per heavy atom. The highest BCUT2D eigenvalue weighted by Gasteiger charge is 2.05. The maximum atomic E-state index is 2.36. The molecule has 0 aromatic rings. The molecule has 2 rings (SSSR count). The van der Waals surface area contributed by atoms with Gasteiger partial charge in [0.25, 0.3) is 0 Å². The minimum atomic E-state index is 1.04. The van der Waals surface area contributed by atoms with Crippen LogP contribution >= 0.6 is 0 Å². The fraction of sp³-hybridized carbons (Fsp3) is 1.00. The normalized spacial score (nSPS) is 24.7. The SMILES string of the molecule is C1CCCCC1.CC1CCCCC1. The summed E-state index contributed by atoms with van der Waals surface area (Å²) in [6, 6.07) is 0. The molecule has 78 valence electrons. The van der Waals surface area contributed by atoms with Crippen molar-refractivity contribution in [1.29, 1.82) is 0 Å². The highest BCUT2D eigenvalue weighted by molar-refractivity contribution is 4.59. The van der Waals surface area contributed by atoms with Gasteiger partial charge in [0.05, 0.1) is 0 Å². The van der Waals surface area contributed by atoms with Gasteiger partial charge in [0.15, 0.2) is 0 Å². The van der Waals surface area contributed by atoms with Crippen LogP contribution in [0.2, 0.25) is 0 Å². The third-order valence-electron chi connectivity index (χ3n) is 3.39. The van der Waals surface area contributed by atoms with E-state index in [0.29, 0.717) is 0 Å². The van der Waals surface area contributed by atoms with E-state index in [-0.39, 0.29) is 0 Å². The van der Waals surface area contributed by atoms with Crippen molar-refractivity contribution < 1.29 is 0 Å². The summed E-state index contributed by atoms with van der Waals surface area (Å²) < 4.78 is 0. The molecule has 0 heterocycles. The van der Waals surface area contributed by atoms with Gasteiger partial charge in [0.2, 0.25) is 0 Å². The van der Waals surface area contributed by atoms with Crippen molar-refractivity contribution in [2.75, 3.05) is 0 Å². The van der Waals surface area contributed by atoms with E-state index < -0.39 is 0 Å². The van der Waals surface area contributed by atoms with Crippen LogP contribution in [0.15, 0.2) is 0 Å². The zero-order valence-corrected chi connectivity index (χ0v) is 9.36. The predicted octanol–water partition coefficient (Wildman–Crippen LogP) is 4.93. The van der Waals surface area contributed by atoms with E-state index in [9.17, 15) is 0 Å². The van der Waals surface area contributed by atoms with Crippen LogP contribution in [0.5, 0.6) is 0 Å². The molecule has 2 saturated carbocycles. The zero-order chi connectivity index (χ0) is 9.36. The van der Waals surface area contributed by atoms with Crippen molar-refractivity contribution in [3.63, 3.8) is 0 Å². The van der Waals surface area contributed by atoms with Crippen molar-refractivity contribution in [2.45, 2.75) is 77.6 Å². The molecule has 0 saturated heterocycles. The molecule has 0 amide bonds. The fourth-order valence-electron chi connectivity index (χ4n) is 2.37. The van der Waals surface area contributed by atoms with Crippen LogP contribution in [0, 0.1) is 5.92 Å². The Morgan fingerprint density at radius 1 is 0.538 bits per heavy atom. The first-order chi connectivity index (χ1) is 6.39. The Kier molecular flexibility index (Phi) is 6.31. The van der Waals surface area contributed by atoms with Gasteiger partial charge in [-0.25, -0.2) is 0 Å². The lowest BCUT2D eigenvalue weighted by molar-refractivity contribution is 0.385. The minimum Gasteiger partial charge on any atom is -0.0625 e. The van der Waals surface area contributed by atoms with Gasteiger partial charge in [-0.3, -0.25) is 0 Å². The monoisotopic (exact) mass is 182 g/mol. The van der Waals surface area contributed by atoms with Crippen LogP contribution in [0.3, 0.4) is 0 Å². The summed E-state index contributed by atoms with van der Waals surface area (Å²) in [5.74, 6) is 1.04. The van der Waals surface area contributed by atoms with Crippen LogP contribution in [-0.2, 0) is 0 Å². The average molecular weight is 182 g/mol. The van der Waals surface area contributed by atoms with Crippen LogP contribution in [0.25, 0.3) is 0 Å². The molecule has 0 aromatic heterocycles. The van der Waals surface area contributed by atoms with Crippen LogP contribution in [0.4, 0.5) is 0 Å². The van der Waals surface area contributed by atoms with Crippen molar-refractivity contribution >= 4 is 0 Å². The summed E-state index contributed by atoms with van der Waals surface area (Å²) >= 11 is 0. The molecule has 0 heteroatoms. The third-order valence-corrected chi connectivity index (χ3v) is 3.39. The molecular formula is C13H26. The number of hydrogen-bond acceptors (Lipinski definition) is 0. The molecule has 2 aliphatic carbocycles. The Labute approximate surface area is 84.1 Å². The second-order valence-electron chi connectivity index (χ2n) is 4.86. The quantitative estimate of drug-likeness (QED) is 0.498. The molecule has 13 heavy (non-hydrogen) atoms. The number of rotatable bonds is 0. The van der Waals surface area contributed by atoms with E-state index in [2.05, 4.69) is 6.92 Å². The molecule has 0 radical (unpaired) electrons. The molecule has 0 bridgehead atoms. The summed E-state index contributed by atoms with van der Waals surface area (Å²) in [6.45, 7) is 2.36. The smallest absolute Gasteiger partial charge is 0.0443 e. The first kappa shape index (κ1) is 11.1. The van der Waals surface area contributed by atoms with Gasteiger partial charge in [-0.15, -0.1) is 0 Å². The van der Waals surface area contributed by atoms with Crippen LogP contribution in [-0.4, -0.2) is 0 Å². The summed E-state index contributed by atoms with van der Waals surface area (Å²) in [5, 5.41) is 0. The van der Waals surface area contributed by atoms with Gasteiger partial charge < -0.3 is 0 Å². The molecule has 2 fully saturated rings. The highest BCUT2D eigenvalue weighted by Crippen LogP contribution is 2.22. The van der Waals surface area contributed by atoms with E-state index in [1.165, 1.54) is 70.6 Å². The zero-order valence-electron chi connectivity index (χ0n) is 9.36. The van der Waals surface area contributed by atoms with Gasteiger partial charge in [-0.1, -0.05) is 77.6 Å². The highest BCUT2D eigenvalue weighted by atomic mass is 14.1. The van der Waals surface area contributed by atoms with Gasteiger partial charge in [-0.2, -0.15) is 0 Å². The van der Waals surface area contributed by atoms with Gasteiger partial charge in [-0.05, 0) is 5.92 Å². The summed E-state index contributed by atoms with van der Waals surface area (Å²) in [4.78, 5) is 0. The van der Waals surface area contributed by atoms with Crippen LogP contribution < -0.4 is 0 Å². The summed E-state index contributed by atoms with van der Waals surface area (Å²) in [6.07, 6.45) is 16.4. The second-order valence-corrected chi connectivity index (χ2v) is 4.86. The molecule has 0 N–H and O–H groups in total. The molecule has 0 nitrogen and oxygen atoms in total. The molecule has 0 aromatic carbocycles. The van der Waals surface area contributed by atoms with E-state index in [4.69, 9.17) is 0 Å². The Morgan fingerprint density at radius 2 is 0.846 bits per heavy atom. The minimum absolute atomic E-state index is 1.04. The second kappa shape index (κ2) is 7.41. The van der Waals surface area contributed by atoms with E-state index in [1.54, 1.807) is 0 Å². The molecule has 0 unspecified atom stereocenters. The molecule has 0 aliphatic heterocycles. The standard InChI is InChI=1S/C7H14.C6H12/c1-7-5-3-2-4-6-7;1-2-4-6-5-3-1/h7H,2-6H2,1H3;1-6H2. The predicted molar refractivity (Wildman–Crippen MR) is 60.0 cm³/mol. The largest absolute Gasteiger partial charge is 0.0625 e. The first-order valence-corrected chi connectivity index (χ1v) is 6.39. The number of hydrogen-bond donors (Lipinski definition) is 0. The van der Waals surface area contributed by atoms with Crippen molar-refractivity contribution in [2.24, 2.45) is 5.92 Å². The molecule has 2 aliphatic rings. The van der Waals surface area contributed by atoms with Crippen molar-refractivity contribution in [3.05, 3.63) is 0 Å². The van der Waals surface area contributed by atoms with E-state index in [0.717, 1.165) is 5.92 Å². The van der Waals surface area contributed by atoms with Gasteiger partial charge in [0.1, 0.15) is 0 Å². The lowest BCUT2D eigenvalue weighted by Crippen LogP contribution is -1.99. The lowest BCUT2D eigenvalue weighted by Gasteiger charge is -2.15. The summed E-state index contributed by atoms with van der Waals surface area (Å²) in [7, 11) is 0. The Hall–Kier alpha value is 0. The molecule has 0 spiro atoms. The average Bonchev–Trinajstić information content (AvgIpc) is 2.22. The molecular weight excluding hydrogens is 156 g/mol. The van der Waals surface area contributed by atoms with Gasteiger partial charge >= 0.3 is 0 Å². The van der Waals surface area contributed by atoms with E-state index in [1.807, 2.05) is 0 Å². The Balaban J connectivity index is 0.000000132. The summed E-state index contributed by atoms with van der Waals surface area (Å²) in [5.41, 5.74) is 0. The first-order valence-electron chi connectivity index (χ1n) is 6.39. The maximum Gasteiger partial charge on any atom is -0.0443 e. The van der Waals surface area contributed by atoms with Crippen LogP contribution in [0.1, 0.15) is 77.6 Å². The fourth-order valence-corrected chi connectivity index (χ4v) is 2.37.